The van der Waals surface area contributed by atoms with Gasteiger partial charge in [-0.05, 0) is 52.0 Å². The van der Waals surface area contributed by atoms with Crippen LogP contribution in [-0.2, 0) is 9.31 Å². The zero-order valence-corrected chi connectivity index (χ0v) is 12.2. The highest BCUT2D eigenvalue weighted by Crippen LogP contribution is 2.36. The molecule has 0 aromatic carbocycles. The maximum atomic E-state index is 5.97. The number of aromatic nitrogens is 1. The minimum absolute atomic E-state index is 0.348. The molecule has 2 aromatic rings. The molecule has 1 saturated heterocycles. The number of hydrogen-bond donors (Lipinski definition) is 0. The summed E-state index contributed by atoms with van der Waals surface area (Å²) < 4.78 is 17.3. The molecule has 0 bridgehead atoms. The lowest BCUT2D eigenvalue weighted by Crippen LogP contribution is -2.41. The average molecular weight is 271 g/mol. The van der Waals surface area contributed by atoms with Gasteiger partial charge in [0, 0.05) is 11.8 Å². The van der Waals surface area contributed by atoms with Gasteiger partial charge < -0.3 is 13.7 Å². The van der Waals surface area contributed by atoms with Crippen LogP contribution in [0.25, 0.3) is 11.3 Å². The molecule has 0 unspecified atom stereocenters. The van der Waals surface area contributed by atoms with Crippen LogP contribution in [0.1, 0.15) is 27.7 Å². The fraction of sp³-hybridized carbons (Fsp3) is 0.400. The van der Waals surface area contributed by atoms with Gasteiger partial charge in [0.25, 0.3) is 0 Å². The third kappa shape index (κ3) is 2.17. The van der Waals surface area contributed by atoms with Crippen molar-refractivity contribution in [2.75, 3.05) is 0 Å². The quantitative estimate of drug-likeness (QED) is 0.787. The Bertz CT molecular complexity index is 574. The summed E-state index contributed by atoms with van der Waals surface area (Å²) in [4.78, 5) is 4.44. The molecule has 5 heteroatoms. The summed E-state index contributed by atoms with van der Waals surface area (Å²) in [6.07, 6.45) is 3.43. The molecule has 2 aromatic heterocycles. The Morgan fingerprint density at radius 2 is 1.70 bits per heavy atom. The highest BCUT2D eigenvalue weighted by atomic mass is 16.7. The van der Waals surface area contributed by atoms with Gasteiger partial charge in [0.15, 0.2) is 0 Å². The average Bonchev–Trinajstić information content (AvgIpc) is 2.97. The van der Waals surface area contributed by atoms with E-state index in [2.05, 4.69) is 4.98 Å². The maximum absolute atomic E-state index is 5.97. The topological polar surface area (TPSA) is 44.5 Å². The van der Waals surface area contributed by atoms with Crippen LogP contribution < -0.4 is 5.59 Å². The van der Waals surface area contributed by atoms with E-state index in [1.807, 2.05) is 52.0 Å². The lowest BCUT2D eigenvalue weighted by Gasteiger charge is -2.32. The summed E-state index contributed by atoms with van der Waals surface area (Å²) in [5, 5.41) is 0. The molecule has 0 radical (unpaired) electrons. The fourth-order valence-corrected chi connectivity index (χ4v) is 2.10. The predicted molar refractivity (Wildman–Crippen MR) is 77.7 cm³/mol. The van der Waals surface area contributed by atoms with Gasteiger partial charge in [0.05, 0.1) is 23.1 Å². The number of rotatable bonds is 2. The Hall–Kier alpha value is -1.59. The summed E-state index contributed by atoms with van der Waals surface area (Å²) in [6, 6.07) is 7.65. The van der Waals surface area contributed by atoms with Crippen molar-refractivity contribution < 1.29 is 13.7 Å². The highest BCUT2D eigenvalue weighted by Gasteiger charge is 2.52. The SMILES string of the molecule is CC1(C)OB(c2ccc(-c3ccco3)cn2)OC1(C)C. The van der Waals surface area contributed by atoms with Gasteiger partial charge in [-0.15, -0.1) is 0 Å². The van der Waals surface area contributed by atoms with Crippen LogP contribution in [0.5, 0.6) is 0 Å². The van der Waals surface area contributed by atoms with E-state index < -0.39 is 7.12 Å². The van der Waals surface area contributed by atoms with Crippen molar-refractivity contribution in [1.82, 2.24) is 4.98 Å². The Morgan fingerprint density at radius 3 is 2.20 bits per heavy atom. The van der Waals surface area contributed by atoms with Crippen molar-refractivity contribution in [3.63, 3.8) is 0 Å². The monoisotopic (exact) mass is 271 g/mol. The second-order valence-electron chi connectivity index (χ2n) is 6.04. The van der Waals surface area contributed by atoms with Crippen LogP contribution in [0.15, 0.2) is 41.1 Å². The molecule has 1 aliphatic heterocycles. The molecule has 0 saturated carbocycles. The van der Waals surface area contributed by atoms with Crippen LogP contribution in [0.3, 0.4) is 0 Å². The Balaban J connectivity index is 1.83. The van der Waals surface area contributed by atoms with E-state index in [4.69, 9.17) is 13.7 Å². The lowest BCUT2D eigenvalue weighted by atomic mass is 9.84. The summed E-state index contributed by atoms with van der Waals surface area (Å²) >= 11 is 0. The van der Waals surface area contributed by atoms with E-state index in [0.717, 1.165) is 16.9 Å². The third-order valence-corrected chi connectivity index (χ3v) is 4.09. The van der Waals surface area contributed by atoms with Gasteiger partial charge in [-0.1, -0.05) is 0 Å². The van der Waals surface area contributed by atoms with Crippen molar-refractivity contribution in [1.29, 1.82) is 0 Å². The summed E-state index contributed by atoms with van der Waals surface area (Å²) in [5.41, 5.74) is 1.02. The second kappa shape index (κ2) is 4.47. The van der Waals surface area contributed by atoms with Crippen molar-refractivity contribution >= 4 is 12.7 Å². The van der Waals surface area contributed by atoms with Crippen LogP contribution in [0.4, 0.5) is 0 Å². The Morgan fingerprint density at radius 1 is 1.00 bits per heavy atom. The zero-order chi connectivity index (χ0) is 14.4. The largest absolute Gasteiger partial charge is 0.514 e. The molecule has 1 aliphatic rings. The van der Waals surface area contributed by atoms with Crippen molar-refractivity contribution in [3.05, 3.63) is 36.7 Å². The van der Waals surface area contributed by atoms with E-state index in [9.17, 15) is 0 Å². The predicted octanol–water partition coefficient (Wildman–Crippen LogP) is 2.64. The third-order valence-electron chi connectivity index (χ3n) is 4.09. The Labute approximate surface area is 119 Å². The molecule has 0 spiro atoms. The van der Waals surface area contributed by atoms with Crippen molar-refractivity contribution in [2.24, 2.45) is 0 Å². The molecule has 0 atom stereocenters. The van der Waals surface area contributed by atoms with Crippen LogP contribution in [-0.4, -0.2) is 23.3 Å². The van der Waals surface area contributed by atoms with Crippen LogP contribution in [0.2, 0.25) is 0 Å². The minimum Gasteiger partial charge on any atom is -0.464 e. The zero-order valence-electron chi connectivity index (χ0n) is 12.2. The summed E-state index contributed by atoms with van der Waals surface area (Å²) in [7, 11) is -0.425. The number of pyridine rings is 1. The molecular formula is C15H18BNO3. The molecule has 0 amide bonds. The van der Waals surface area contributed by atoms with Crippen LogP contribution >= 0.6 is 0 Å². The summed E-state index contributed by atoms with van der Waals surface area (Å²) in [6.45, 7) is 8.13. The lowest BCUT2D eigenvalue weighted by molar-refractivity contribution is 0.00578. The normalized spacial score (nSPS) is 20.3. The van der Waals surface area contributed by atoms with Gasteiger partial charge >= 0.3 is 7.12 Å². The number of hydrogen-bond acceptors (Lipinski definition) is 4. The van der Waals surface area contributed by atoms with E-state index in [0.29, 0.717) is 0 Å². The minimum atomic E-state index is -0.425. The molecule has 3 rings (SSSR count). The van der Waals surface area contributed by atoms with Gasteiger partial charge in [-0.25, -0.2) is 0 Å². The van der Waals surface area contributed by atoms with Gasteiger partial charge in [0.1, 0.15) is 5.76 Å². The number of nitrogens with zero attached hydrogens (tertiary/aromatic N) is 1. The first-order chi connectivity index (χ1) is 9.39. The van der Waals surface area contributed by atoms with Gasteiger partial charge in [0.2, 0.25) is 0 Å². The second-order valence-corrected chi connectivity index (χ2v) is 6.04. The van der Waals surface area contributed by atoms with Crippen molar-refractivity contribution in [3.8, 4) is 11.3 Å². The summed E-state index contributed by atoms with van der Waals surface area (Å²) in [5.74, 6) is 0.804. The van der Waals surface area contributed by atoms with E-state index in [1.165, 1.54) is 0 Å². The smallest absolute Gasteiger partial charge is 0.464 e. The first-order valence-corrected chi connectivity index (χ1v) is 6.74. The molecule has 20 heavy (non-hydrogen) atoms. The van der Waals surface area contributed by atoms with E-state index in [-0.39, 0.29) is 11.2 Å². The van der Waals surface area contributed by atoms with E-state index >= 15 is 0 Å². The molecule has 0 N–H and O–H groups in total. The molecule has 0 aliphatic carbocycles. The highest BCUT2D eigenvalue weighted by molar-refractivity contribution is 6.61. The first-order valence-electron chi connectivity index (χ1n) is 6.74. The van der Waals surface area contributed by atoms with Crippen LogP contribution in [0, 0.1) is 0 Å². The van der Waals surface area contributed by atoms with Crippen molar-refractivity contribution in [2.45, 2.75) is 38.9 Å². The molecule has 104 valence electrons. The maximum Gasteiger partial charge on any atom is 0.514 e. The Kier molecular flexibility index (Phi) is 2.99. The first kappa shape index (κ1) is 13.4. The van der Waals surface area contributed by atoms with E-state index in [1.54, 1.807) is 12.5 Å². The fourth-order valence-electron chi connectivity index (χ4n) is 2.10. The molecule has 3 heterocycles. The number of furan rings is 1. The molecule has 1 fully saturated rings. The standard InChI is InChI=1S/C15H18BNO3/c1-14(2)15(3,4)20-16(19-14)13-8-7-11(10-17-13)12-6-5-9-18-12/h5-10H,1-4H3. The van der Waals surface area contributed by atoms with Gasteiger partial charge in [-0.3, -0.25) is 4.98 Å². The van der Waals surface area contributed by atoms with Gasteiger partial charge in [-0.2, -0.15) is 0 Å². The molecule has 4 nitrogen and oxygen atoms in total. The molecular weight excluding hydrogens is 253 g/mol.